The van der Waals surface area contributed by atoms with Crippen LogP contribution in [0, 0.1) is 0 Å². The molecule has 3 aromatic rings. The Kier molecular flexibility index (Phi) is 12.2. The lowest BCUT2D eigenvalue weighted by molar-refractivity contribution is -0.137. The van der Waals surface area contributed by atoms with E-state index < -0.39 is 11.7 Å². The predicted molar refractivity (Wildman–Crippen MR) is 171 cm³/mol. The fraction of sp³-hybridized carbons (Fsp3) is 0.441. The molecule has 2 aliphatic rings. The zero-order valence-electron chi connectivity index (χ0n) is 25.2. The molecule has 2 fully saturated rings. The van der Waals surface area contributed by atoms with Crippen LogP contribution in [0.3, 0.4) is 0 Å². The van der Waals surface area contributed by atoms with Gasteiger partial charge in [0.2, 0.25) is 5.91 Å². The Labute approximate surface area is 258 Å². The van der Waals surface area contributed by atoms with E-state index in [4.69, 9.17) is 0 Å². The molecular weight excluding hydrogens is 569 g/mol. The van der Waals surface area contributed by atoms with Gasteiger partial charge in [0.25, 0.3) is 0 Å². The number of halogens is 3. The van der Waals surface area contributed by atoms with E-state index in [1.54, 1.807) is 23.9 Å². The number of piperazine rings is 1. The van der Waals surface area contributed by atoms with Crippen molar-refractivity contribution in [2.45, 2.75) is 61.5 Å². The van der Waals surface area contributed by atoms with E-state index in [2.05, 4.69) is 51.5 Å². The fourth-order valence-corrected chi connectivity index (χ4v) is 6.29. The maximum Gasteiger partial charge on any atom is 0.416 e. The van der Waals surface area contributed by atoms with Crippen molar-refractivity contribution < 1.29 is 18.0 Å². The maximum atomic E-state index is 12.8. The van der Waals surface area contributed by atoms with E-state index in [-0.39, 0.29) is 5.91 Å². The summed E-state index contributed by atoms with van der Waals surface area (Å²) in [5.41, 5.74) is 1.32. The van der Waals surface area contributed by atoms with Gasteiger partial charge in [-0.3, -0.25) is 9.69 Å². The molecule has 2 aliphatic heterocycles. The number of benzene rings is 3. The molecule has 2 heterocycles. The second kappa shape index (κ2) is 16.1. The van der Waals surface area contributed by atoms with E-state index in [9.17, 15) is 18.0 Å². The lowest BCUT2D eigenvalue weighted by atomic mass is 10.0. The molecule has 5 rings (SSSR count). The van der Waals surface area contributed by atoms with Gasteiger partial charge < -0.3 is 15.1 Å². The fourth-order valence-electron chi connectivity index (χ4n) is 5.46. The summed E-state index contributed by atoms with van der Waals surface area (Å²) in [6, 6.07) is 24.7. The van der Waals surface area contributed by atoms with Crippen LogP contribution in [-0.2, 0) is 11.0 Å². The second-order valence-corrected chi connectivity index (χ2v) is 11.9. The Morgan fingerprint density at radius 2 is 1.42 bits per heavy atom. The number of hydrogen-bond acceptors (Lipinski definition) is 5. The van der Waals surface area contributed by atoms with Crippen LogP contribution in [0.1, 0.15) is 45.1 Å². The van der Waals surface area contributed by atoms with E-state index in [1.807, 2.05) is 36.9 Å². The van der Waals surface area contributed by atoms with Crippen LogP contribution < -0.4 is 10.2 Å². The monoisotopic (exact) mass is 612 g/mol. The zero-order chi connectivity index (χ0) is 30.7. The van der Waals surface area contributed by atoms with Crippen LogP contribution in [0.25, 0.3) is 0 Å². The van der Waals surface area contributed by atoms with Gasteiger partial charge in [0, 0.05) is 72.9 Å². The van der Waals surface area contributed by atoms with Gasteiger partial charge in [0.15, 0.2) is 0 Å². The molecule has 1 N–H and O–H groups in total. The molecule has 0 atom stereocenters. The molecule has 9 heteroatoms. The average molecular weight is 613 g/mol. The molecule has 1 amide bonds. The van der Waals surface area contributed by atoms with Crippen molar-refractivity contribution in [3.8, 4) is 0 Å². The van der Waals surface area contributed by atoms with Gasteiger partial charge in [-0.1, -0.05) is 43.8 Å². The van der Waals surface area contributed by atoms with Crippen molar-refractivity contribution in [1.82, 2.24) is 9.80 Å². The third-order valence-corrected chi connectivity index (χ3v) is 8.86. The first kappa shape index (κ1) is 32.7. The molecule has 0 unspecified atom stereocenters. The minimum Gasteiger partial charge on any atom is -0.382 e. The third-order valence-electron chi connectivity index (χ3n) is 7.85. The summed E-state index contributed by atoms with van der Waals surface area (Å²) in [6.45, 7) is 9.66. The van der Waals surface area contributed by atoms with Crippen molar-refractivity contribution in [2.75, 3.05) is 56.0 Å². The first-order valence-electron chi connectivity index (χ1n) is 15.4. The van der Waals surface area contributed by atoms with Crippen molar-refractivity contribution >= 4 is 29.0 Å². The topological polar surface area (TPSA) is 38.8 Å². The van der Waals surface area contributed by atoms with Crippen LogP contribution in [-0.4, -0.2) is 67.6 Å². The first-order valence-corrected chi connectivity index (χ1v) is 16.2. The summed E-state index contributed by atoms with van der Waals surface area (Å²) < 4.78 is 38.5. The molecule has 0 bridgehead atoms. The molecule has 0 aliphatic carbocycles. The van der Waals surface area contributed by atoms with Gasteiger partial charge in [-0.25, -0.2) is 0 Å². The van der Waals surface area contributed by atoms with E-state index in [0.717, 1.165) is 88.6 Å². The molecule has 232 valence electrons. The van der Waals surface area contributed by atoms with Gasteiger partial charge in [-0.2, -0.15) is 13.2 Å². The highest BCUT2D eigenvalue weighted by molar-refractivity contribution is 7.99. The summed E-state index contributed by atoms with van der Waals surface area (Å²) >= 11 is 1.75. The number of alkyl halides is 3. The summed E-state index contributed by atoms with van der Waals surface area (Å²) in [4.78, 5) is 21.7. The summed E-state index contributed by atoms with van der Waals surface area (Å²) in [5, 5.41) is 3.63. The van der Waals surface area contributed by atoms with Crippen molar-refractivity contribution in [1.29, 1.82) is 0 Å². The number of nitrogens with zero attached hydrogens (tertiary/aromatic N) is 3. The molecule has 5 nitrogen and oxygen atoms in total. The van der Waals surface area contributed by atoms with Crippen LogP contribution in [0.4, 0.5) is 24.5 Å². The number of nitrogens with one attached hydrogen (secondary N) is 1. The average Bonchev–Trinajstić information content (AvgIpc) is 3.04. The van der Waals surface area contributed by atoms with Crippen LogP contribution >= 0.6 is 11.8 Å². The Balaban J connectivity index is 0.00000207. The van der Waals surface area contributed by atoms with Crippen molar-refractivity contribution in [2.24, 2.45) is 0 Å². The normalized spacial score (nSPS) is 16.4. The largest absolute Gasteiger partial charge is 0.416 e. The Morgan fingerprint density at radius 3 is 2.02 bits per heavy atom. The molecular formula is C34H43F3N4OS. The SMILES string of the molecule is CC.O=C(CCCN1CCN(c2ccc(C(F)(F)F)cc2)CC1)N1CCC(Nc2ccc(Sc3ccccc3)cc2)CC1. The maximum absolute atomic E-state index is 12.8. The minimum atomic E-state index is -4.31. The van der Waals surface area contributed by atoms with Gasteiger partial charge in [-0.15, -0.1) is 0 Å². The van der Waals surface area contributed by atoms with Gasteiger partial charge in [0.05, 0.1) is 5.56 Å². The molecule has 3 aromatic carbocycles. The number of piperidine rings is 1. The molecule has 0 saturated carbocycles. The standard InChI is InChI=1S/C32H37F3N4OS.C2H6/c33-32(34,35)25-8-12-28(13-9-25)38-23-21-37(22-24-38)18-4-7-31(40)39-19-16-27(17-20-39)36-26-10-14-30(15-11-26)41-29-5-2-1-3-6-29;1-2/h1-3,5-6,8-15,27,36H,4,7,16-24H2;1-2H3. The number of anilines is 2. The Morgan fingerprint density at radius 1 is 0.814 bits per heavy atom. The second-order valence-electron chi connectivity index (χ2n) is 10.7. The number of hydrogen-bond donors (Lipinski definition) is 1. The van der Waals surface area contributed by atoms with Gasteiger partial charge in [0.1, 0.15) is 0 Å². The number of carbonyl (C=O) groups excluding carboxylic acids is 1. The predicted octanol–water partition coefficient (Wildman–Crippen LogP) is 7.89. The highest BCUT2D eigenvalue weighted by atomic mass is 32.2. The summed E-state index contributed by atoms with van der Waals surface area (Å²) in [5.74, 6) is 0.231. The van der Waals surface area contributed by atoms with Crippen molar-refractivity contribution in [3.63, 3.8) is 0 Å². The minimum absolute atomic E-state index is 0.231. The van der Waals surface area contributed by atoms with E-state index >= 15 is 0 Å². The van der Waals surface area contributed by atoms with Gasteiger partial charge >= 0.3 is 6.18 Å². The lowest BCUT2D eigenvalue weighted by Gasteiger charge is -2.36. The summed E-state index contributed by atoms with van der Waals surface area (Å²) in [7, 11) is 0. The number of amides is 1. The summed E-state index contributed by atoms with van der Waals surface area (Å²) in [6.07, 6.45) is -1.05. The molecule has 0 radical (unpaired) electrons. The van der Waals surface area contributed by atoms with Crippen LogP contribution in [0.15, 0.2) is 88.7 Å². The van der Waals surface area contributed by atoms with E-state index in [0.29, 0.717) is 12.5 Å². The number of carbonyl (C=O) groups is 1. The van der Waals surface area contributed by atoms with Crippen LogP contribution in [0.5, 0.6) is 0 Å². The number of rotatable bonds is 9. The van der Waals surface area contributed by atoms with Crippen LogP contribution in [0.2, 0.25) is 0 Å². The smallest absolute Gasteiger partial charge is 0.382 e. The molecule has 0 spiro atoms. The molecule has 0 aromatic heterocycles. The Hall–Kier alpha value is -3.17. The Bertz CT molecular complexity index is 1240. The van der Waals surface area contributed by atoms with Gasteiger partial charge in [-0.05, 0) is 86.5 Å². The molecule has 43 heavy (non-hydrogen) atoms. The lowest BCUT2D eigenvalue weighted by Crippen LogP contribution is -2.47. The highest BCUT2D eigenvalue weighted by Crippen LogP contribution is 2.31. The third kappa shape index (κ3) is 9.93. The number of likely N-dealkylation sites (tertiary alicyclic amines) is 1. The first-order chi connectivity index (χ1) is 20.8. The highest BCUT2D eigenvalue weighted by Gasteiger charge is 2.30. The quantitative estimate of drug-likeness (QED) is 0.266. The van der Waals surface area contributed by atoms with E-state index in [1.165, 1.54) is 9.79 Å². The molecule has 2 saturated heterocycles. The van der Waals surface area contributed by atoms with Crippen molar-refractivity contribution in [3.05, 3.63) is 84.4 Å². The zero-order valence-corrected chi connectivity index (χ0v) is 26.0.